The van der Waals surface area contributed by atoms with Crippen LogP contribution in [0, 0.1) is 0 Å². The second-order valence-electron chi connectivity index (χ2n) is 7.22. The Labute approximate surface area is 173 Å². The number of para-hydroxylation sites is 1. The minimum Gasteiger partial charge on any atom is -0.476 e. The molecule has 0 atom stereocenters. The molecule has 7 heteroatoms. The lowest BCUT2D eigenvalue weighted by Crippen LogP contribution is -3.12. The van der Waals surface area contributed by atoms with E-state index in [0.717, 1.165) is 13.1 Å². The molecule has 2 aromatic carbocycles. The number of hydrogen-bond donors (Lipinski definition) is 1. The quantitative estimate of drug-likeness (QED) is 0.709. The molecule has 2 heterocycles. The van der Waals surface area contributed by atoms with E-state index >= 15 is 0 Å². The fourth-order valence-electron chi connectivity index (χ4n) is 3.41. The maximum atomic E-state index is 13.1. The zero-order valence-corrected chi connectivity index (χ0v) is 16.9. The third-order valence-electron chi connectivity index (χ3n) is 5.17. The van der Waals surface area contributed by atoms with Gasteiger partial charge >= 0.3 is 0 Å². The van der Waals surface area contributed by atoms with Gasteiger partial charge in [0.15, 0.2) is 12.4 Å². The Morgan fingerprint density at radius 2 is 1.83 bits per heavy atom. The van der Waals surface area contributed by atoms with Crippen molar-refractivity contribution in [2.45, 2.75) is 0 Å². The first-order valence-electron chi connectivity index (χ1n) is 9.56. The Balaban J connectivity index is 1.67. The van der Waals surface area contributed by atoms with Gasteiger partial charge in [0.1, 0.15) is 5.58 Å². The van der Waals surface area contributed by atoms with E-state index in [2.05, 4.69) is 7.05 Å². The number of nitrogens with one attached hydrogen (secondary N) is 1. The Hall–Kier alpha value is -2.83. The van der Waals surface area contributed by atoms with Crippen molar-refractivity contribution in [3.63, 3.8) is 0 Å². The van der Waals surface area contributed by atoms with Crippen molar-refractivity contribution in [3.8, 4) is 17.1 Å². The van der Waals surface area contributed by atoms with E-state index in [1.165, 1.54) is 4.90 Å². The van der Waals surface area contributed by atoms with Crippen LogP contribution in [-0.2, 0) is 4.79 Å². The van der Waals surface area contributed by atoms with Crippen LogP contribution >= 0.6 is 11.6 Å². The maximum absolute atomic E-state index is 13.1. The highest BCUT2D eigenvalue weighted by atomic mass is 35.5. The Kier molecular flexibility index (Phi) is 5.56. The van der Waals surface area contributed by atoms with Gasteiger partial charge in [-0.3, -0.25) is 9.59 Å². The fourth-order valence-corrected chi connectivity index (χ4v) is 3.54. The molecule has 1 amide bonds. The molecule has 29 heavy (non-hydrogen) atoms. The molecule has 0 aliphatic carbocycles. The summed E-state index contributed by atoms with van der Waals surface area (Å²) in [5.74, 6) is 0.201. The minimum atomic E-state index is -0.299. The van der Waals surface area contributed by atoms with Crippen LogP contribution in [0.4, 0.5) is 0 Å². The number of quaternary nitrogens is 1. The maximum Gasteiger partial charge on any atom is 0.260 e. The molecule has 1 N–H and O–H groups in total. The molecule has 1 aromatic heterocycles. The predicted molar refractivity (Wildman–Crippen MR) is 112 cm³/mol. The summed E-state index contributed by atoms with van der Waals surface area (Å²) >= 11 is 5.99. The Bertz CT molecular complexity index is 1090. The van der Waals surface area contributed by atoms with E-state index in [9.17, 15) is 9.59 Å². The number of amides is 1. The first-order chi connectivity index (χ1) is 14.0. The van der Waals surface area contributed by atoms with Gasteiger partial charge in [0.2, 0.25) is 11.2 Å². The number of carbonyl (C=O) groups excluding carboxylic acids is 1. The van der Waals surface area contributed by atoms with Crippen LogP contribution in [-0.4, -0.2) is 50.6 Å². The molecular formula is C22H22ClN2O4+. The number of likely N-dealkylation sites (N-methyl/N-ethyl adjacent to an activating group) is 1. The molecule has 0 bridgehead atoms. The van der Waals surface area contributed by atoms with Gasteiger partial charge in [-0.25, -0.2) is 0 Å². The third-order valence-corrected chi connectivity index (χ3v) is 5.42. The molecule has 1 fully saturated rings. The number of hydrogen-bond acceptors (Lipinski definition) is 4. The number of carbonyl (C=O) groups is 1. The fraction of sp³-hybridized carbons (Fsp3) is 0.273. The van der Waals surface area contributed by atoms with Gasteiger partial charge in [-0.15, -0.1) is 0 Å². The van der Waals surface area contributed by atoms with Crippen molar-refractivity contribution >= 4 is 28.5 Å². The minimum absolute atomic E-state index is 0.0409. The van der Waals surface area contributed by atoms with Crippen molar-refractivity contribution in [1.82, 2.24) is 4.90 Å². The number of ether oxygens (including phenoxy) is 1. The number of benzene rings is 2. The average molecular weight is 414 g/mol. The molecule has 3 aromatic rings. The average Bonchev–Trinajstić information content (AvgIpc) is 2.74. The summed E-state index contributed by atoms with van der Waals surface area (Å²) in [5.41, 5.74) is 0.818. The largest absolute Gasteiger partial charge is 0.476 e. The molecule has 150 valence electrons. The molecule has 1 aliphatic rings. The van der Waals surface area contributed by atoms with Crippen LogP contribution in [0.5, 0.6) is 5.75 Å². The molecule has 0 saturated carbocycles. The third kappa shape index (κ3) is 4.13. The number of fused-ring (bicyclic) bond motifs is 1. The summed E-state index contributed by atoms with van der Waals surface area (Å²) in [5, 5.41) is 0.989. The van der Waals surface area contributed by atoms with E-state index in [1.807, 2.05) is 0 Å². The lowest BCUT2D eigenvalue weighted by atomic mass is 10.1. The second kappa shape index (κ2) is 8.27. The van der Waals surface area contributed by atoms with Crippen LogP contribution in [0.3, 0.4) is 0 Å². The van der Waals surface area contributed by atoms with Crippen LogP contribution in [0.2, 0.25) is 5.02 Å². The van der Waals surface area contributed by atoms with Crippen molar-refractivity contribution < 1.29 is 18.8 Å². The number of halogens is 1. The van der Waals surface area contributed by atoms with E-state index < -0.39 is 0 Å². The monoisotopic (exact) mass is 413 g/mol. The van der Waals surface area contributed by atoms with Crippen molar-refractivity contribution in [2.24, 2.45) is 0 Å². The first kappa shape index (κ1) is 19.5. The van der Waals surface area contributed by atoms with Gasteiger partial charge in [0.05, 0.1) is 38.6 Å². The van der Waals surface area contributed by atoms with Crippen molar-refractivity contribution in [2.75, 3.05) is 39.8 Å². The summed E-state index contributed by atoms with van der Waals surface area (Å²) < 4.78 is 11.8. The standard InChI is InChI=1S/C22H21ClN2O4/c1-24-10-12-25(13-11-24)19(26)14-28-22-20(27)17-4-2-3-5-18(17)29-21(22)15-6-8-16(23)9-7-15/h2-9H,10-14H2,1H3/p+1. The molecule has 0 spiro atoms. The molecule has 0 radical (unpaired) electrons. The lowest BCUT2D eigenvalue weighted by Gasteiger charge is -2.30. The van der Waals surface area contributed by atoms with Crippen molar-refractivity contribution in [1.29, 1.82) is 0 Å². The molecule has 1 aliphatic heterocycles. The normalized spacial score (nSPS) is 14.9. The second-order valence-corrected chi connectivity index (χ2v) is 7.66. The molecule has 4 rings (SSSR count). The summed E-state index contributed by atoms with van der Waals surface area (Å²) in [4.78, 5) is 28.8. The highest BCUT2D eigenvalue weighted by Crippen LogP contribution is 2.31. The Morgan fingerprint density at radius 3 is 2.55 bits per heavy atom. The summed E-state index contributed by atoms with van der Waals surface area (Å²) in [6.07, 6.45) is 0. The SMILES string of the molecule is C[NH+]1CCN(C(=O)COc2c(-c3ccc(Cl)cc3)oc3ccccc3c2=O)CC1. The Morgan fingerprint density at radius 1 is 1.14 bits per heavy atom. The van der Waals surface area contributed by atoms with Crippen LogP contribution in [0.25, 0.3) is 22.3 Å². The van der Waals surface area contributed by atoms with Gasteiger partial charge < -0.3 is 19.0 Å². The number of piperazine rings is 1. The van der Waals surface area contributed by atoms with Crippen LogP contribution in [0.1, 0.15) is 0 Å². The summed E-state index contributed by atoms with van der Waals surface area (Å²) in [6.45, 7) is 2.97. The highest BCUT2D eigenvalue weighted by molar-refractivity contribution is 6.30. The van der Waals surface area contributed by atoms with Gasteiger partial charge in [-0.2, -0.15) is 0 Å². The molecule has 6 nitrogen and oxygen atoms in total. The van der Waals surface area contributed by atoms with E-state index in [1.54, 1.807) is 53.4 Å². The zero-order chi connectivity index (χ0) is 20.4. The number of rotatable bonds is 4. The van der Waals surface area contributed by atoms with Gasteiger partial charge in [0.25, 0.3) is 5.91 Å². The van der Waals surface area contributed by atoms with E-state index in [0.29, 0.717) is 40.4 Å². The van der Waals surface area contributed by atoms with E-state index in [-0.39, 0.29) is 23.7 Å². The van der Waals surface area contributed by atoms with Crippen molar-refractivity contribution in [3.05, 3.63) is 63.8 Å². The van der Waals surface area contributed by atoms with Crippen LogP contribution in [0.15, 0.2) is 57.7 Å². The highest BCUT2D eigenvalue weighted by Gasteiger charge is 2.24. The van der Waals surface area contributed by atoms with E-state index in [4.69, 9.17) is 20.8 Å². The molecule has 1 saturated heterocycles. The topological polar surface area (TPSA) is 64.2 Å². The van der Waals surface area contributed by atoms with Gasteiger partial charge in [-0.1, -0.05) is 23.7 Å². The summed E-state index contributed by atoms with van der Waals surface area (Å²) in [6, 6.07) is 13.9. The van der Waals surface area contributed by atoms with Gasteiger partial charge in [0, 0.05) is 10.6 Å². The first-order valence-corrected chi connectivity index (χ1v) is 9.94. The lowest BCUT2D eigenvalue weighted by molar-refractivity contribution is -0.883. The molecule has 0 unspecified atom stereocenters. The predicted octanol–water partition coefficient (Wildman–Crippen LogP) is 1.85. The molecular weight excluding hydrogens is 392 g/mol. The smallest absolute Gasteiger partial charge is 0.260 e. The number of nitrogens with zero attached hydrogens (tertiary/aromatic N) is 1. The van der Waals surface area contributed by atoms with Gasteiger partial charge in [-0.05, 0) is 36.4 Å². The zero-order valence-electron chi connectivity index (χ0n) is 16.1. The van der Waals surface area contributed by atoms with Crippen LogP contribution < -0.4 is 15.1 Å². The summed E-state index contributed by atoms with van der Waals surface area (Å²) in [7, 11) is 2.11.